The zero-order valence-electron chi connectivity index (χ0n) is 5.82. The molecule has 12 heavy (non-hydrogen) atoms. The van der Waals surface area contributed by atoms with Crippen molar-refractivity contribution in [2.75, 3.05) is 0 Å². The molecule has 0 bridgehead atoms. The van der Waals surface area contributed by atoms with Crippen molar-refractivity contribution >= 4 is 39.2 Å². The fraction of sp³-hybridized carbons (Fsp3) is 0. The van der Waals surface area contributed by atoms with Gasteiger partial charge in [-0.3, -0.25) is 0 Å². The van der Waals surface area contributed by atoms with Crippen LogP contribution in [0.2, 0.25) is 0 Å². The van der Waals surface area contributed by atoms with Gasteiger partial charge in [0.2, 0.25) is 0 Å². The third kappa shape index (κ3) is 1.09. The predicted octanol–water partition coefficient (Wildman–Crippen LogP) is 3.13. The molecule has 0 aliphatic heterocycles. The van der Waals surface area contributed by atoms with E-state index in [2.05, 4.69) is 25.9 Å². The normalized spacial score (nSPS) is 10.8. The summed E-state index contributed by atoms with van der Waals surface area (Å²) in [5.74, 6) is -0.305. The molecule has 62 valence electrons. The van der Waals surface area contributed by atoms with Crippen LogP contribution in [0.5, 0.6) is 0 Å². The number of fused-ring (bicyclic) bond motifs is 1. The van der Waals surface area contributed by atoms with Crippen LogP contribution in [0.3, 0.4) is 0 Å². The summed E-state index contributed by atoms with van der Waals surface area (Å²) in [6.07, 6.45) is 0. The Kier molecular flexibility index (Phi) is 1.77. The number of rotatable bonds is 0. The van der Waals surface area contributed by atoms with Crippen LogP contribution in [0.15, 0.2) is 16.6 Å². The second-order valence-corrected chi connectivity index (χ2v) is 3.62. The van der Waals surface area contributed by atoms with E-state index in [9.17, 15) is 4.39 Å². The minimum atomic E-state index is -0.305. The maximum atomic E-state index is 13.1. The summed E-state index contributed by atoms with van der Waals surface area (Å²) >= 11 is 8.11. The molecule has 2 N–H and O–H groups in total. The molecule has 0 unspecified atom stereocenters. The molecule has 0 spiro atoms. The van der Waals surface area contributed by atoms with Gasteiger partial charge < -0.3 is 9.97 Å². The Morgan fingerprint density at radius 1 is 1.25 bits per heavy atom. The molecule has 5 heteroatoms. The van der Waals surface area contributed by atoms with E-state index in [-0.39, 0.29) is 5.82 Å². The lowest BCUT2D eigenvalue weighted by molar-refractivity contribution is 0.637. The van der Waals surface area contributed by atoms with Crippen molar-refractivity contribution in [3.05, 3.63) is 27.2 Å². The van der Waals surface area contributed by atoms with Crippen LogP contribution in [-0.4, -0.2) is 9.97 Å². The minimum Gasteiger partial charge on any atom is -0.330 e. The van der Waals surface area contributed by atoms with Crippen molar-refractivity contribution in [1.82, 2.24) is 9.97 Å². The van der Waals surface area contributed by atoms with Gasteiger partial charge >= 0.3 is 0 Å². The summed E-state index contributed by atoms with van der Waals surface area (Å²) in [4.78, 5) is 5.56. The van der Waals surface area contributed by atoms with Gasteiger partial charge in [0.25, 0.3) is 0 Å². The topological polar surface area (TPSA) is 31.6 Å². The number of halogens is 2. The lowest BCUT2D eigenvalue weighted by Gasteiger charge is -1.93. The zero-order chi connectivity index (χ0) is 8.72. The first-order valence-corrected chi connectivity index (χ1v) is 4.44. The van der Waals surface area contributed by atoms with Gasteiger partial charge in [0.15, 0.2) is 4.77 Å². The first kappa shape index (κ1) is 7.94. The van der Waals surface area contributed by atoms with Crippen LogP contribution in [-0.2, 0) is 0 Å². The quantitative estimate of drug-likeness (QED) is 0.688. The minimum absolute atomic E-state index is 0.305. The highest BCUT2D eigenvalue weighted by molar-refractivity contribution is 9.10. The molecule has 0 amide bonds. The number of benzene rings is 1. The van der Waals surface area contributed by atoms with E-state index in [0.717, 1.165) is 4.47 Å². The monoisotopic (exact) mass is 246 g/mol. The Bertz CT molecular complexity index is 446. The Hall–Kier alpha value is -0.680. The highest BCUT2D eigenvalue weighted by Gasteiger charge is 2.05. The molecule has 0 radical (unpaired) electrons. The zero-order valence-corrected chi connectivity index (χ0v) is 8.22. The Labute approximate surface area is 80.9 Å². The Morgan fingerprint density at radius 3 is 2.58 bits per heavy atom. The standard InChI is InChI=1S/C7H4BrFN2S/c8-3-1-2-4(9)6-5(3)10-7(12)11-6/h1-2H,(H2,10,11,12). The molecular formula is C7H4BrFN2S. The first-order valence-electron chi connectivity index (χ1n) is 3.24. The van der Waals surface area contributed by atoms with Gasteiger partial charge in [-0.1, -0.05) is 0 Å². The summed E-state index contributed by atoms with van der Waals surface area (Å²) < 4.78 is 14.3. The average Bonchev–Trinajstić information content (AvgIpc) is 2.41. The van der Waals surface area contributed by atoms with Gasteiger partial charge in [0.05, 0.1) is 5.52 Å². The fourth-order valence-electron chi connectivity index (χ4n) is 1.05. The fourth-order valence-corrected chi connectivity index (χ4v) is 1.69. The number of aromatic nitrogens is 2. The van der Waals surface area contributed by atoms with Crippen molar-refractivity contribution in [2.24, 2.45) is 0 Å². The number of hydrogen-bond donors (Lipinski definition) is 2. The van der Waals surface area contributed by atoms with Crippen LogP contribution in [0, 0.1) is 10.6 Å². The van der Waals surface area contributed by atoms with Crippen molar-refractivity contribution in [3.8, 4) is 0 Å². The maximum Gasteiger partial charge on any atom is 0.175 e. The summed E-state index contributed by atoms with van der Waals surface area (Å²) in [7, 11) is 0. The van der Waals surface area contributed by atoms with E-state index in [1.165, 1.54) is 6.07 Å². The number of nitrogens with one attached hydrogen (secondary N) is 2. The lowest BCUT2D eigenvalue weighted by Crippen LogP contribution is -1.77. The van der Waals surface area contributed by atoms with Crippen LogP contribution in [0.1, 0.15) is 0 Å². The molecule has 0 atom stereocenters. The molecule has 0 fully saturated rings. The highest BCUT2D eigenvalue weighted by atomic mass is 79.9. The molecule has 1 heterocycles. The second-order valence-electron chi connectivity index (χ2n) is 2.36. The number of imidazole rings is 1. The van der Waals surface area contributed by atoms with Gasteiger partial charge in [-0.05, 0) is 40.3 Å². The lowest BCUT2D eigenvalue weighted by atomic mass is 10.3. The molecule has 2 rings (SSSR count). The Morgan fingerprint density at radius 2 is 1.92 bits per heavy atom. The highest BCUT2D eigenvalue weighted by Crippen LogP contribution is 2.22. The van der Waals surface area contributed by atoms with E-state index >= 15 is 0 Å². The molecule has 1 aromatic carbocycles. The summed E-state index contributed by atoms with van der Waals surface area (Å²) in [6, 6.07) is 3.02. The van der Waals surface area contributed by atoms with Gasteiger partial charge in [-0.2, -0.15) is 0 Å². The largest absolute Gasteiger partial charge is 0.330 e. The first-order chi connectivity index (χ1) is 5.68. The summed E-state index contributed by atoms with van der Waals surface area (Å²) in [5, 5.41) is 0. The van der Waals surface area contributed by atoms with Crippen LogP contribution in [0.25, 0.3) is 11.0 Å². The van der Waals surface area contributed by atoms with Crippen molar-refractivity contribution < 1.29 is 4.39 Å². The van der Waals surface area contributed by atoms with Crippen molar-refractivity contribution in [2.45, 2.75) is 0 Å². The Balaban J connectivity index is 3.03. The van der Waals surface area contributed by atoms with Crippen molar-refractivity contribution in [1.29, 1.82) is 0 Å². The van der Waals surface area contributed by atoms with E-state index in [0.29, 0.717) is 15.8 Å². The third-order valence-corrected chi connectivity index (χ3v) is 2.45. The molecule has 0 saturated heterocycles. The molecule has 0 aliphatic rings. The number of hydrogen-bond acceptors (Lipinski definition) is 1. The van der Waals surface area contributed by atoms with E-state index in [1.54, 1.807) is 6.07 Å². The van der Waals surface area contributed by atoms with E-state index in [4.69, 9.17) is 12.2 Å². The van der Waals surface area contributed by atoms with Crippen molar-refractivity contribution in [3.63, 3.8) is 0 Å². The molecule has 0 saturated carbocycles. The average molecular weight is 247 g/mol. The molecule has 2 nitrogen and oxygen atoms in total. The summed E-state index contributed by atoms with van der Waals surface area (Å²) in [5.41, 5.74) is 1.08. The van der Waals surface area contributed by atoms with Gasteiger partial charge in [-0.25, -0.2) is 4.39 Å². The van der Waals surface area contributed by atoms with Gasteiger partial charge in [-0.15, -0.1) is 0 Å². The second kappa shape index (κ2) is 2.67. The SMILES string of the molecule is Fc1ccc(Br)c2[nH]c(=S)[nH]c12. The van der Waals surface area contributed by atoms with Crippen LogP contribution >= 0.6 is 28.1 Å². The maximum absolute atomic E-state index is 13.1. The predicted molar refractivity (Wildman–Crippen MR) is 51.1 cm³/mol. The number of H-pyrrole nitrogens is 2. The van der Waals surface area contributed by atoms with E-state index < -0.39 is 0 Å². The van der Waals surface area contributed by atoms with E-state index in [1.807, 2.05) is 0 Å². The third-order valence-electron chi connectivity index (χ3n) is 1.58. The molecule has 2 aromatic rings. The number of aromatic amines is 2. The van der Waals surface area contributed by atoms with Crippen LogP contribution in [0.4, 0.5) is 4.39 Å². The molecule has 0 aliphatic carbocycles. The smallest absolute Gasteiger partial charge is 0.175 e. The van der Waals surface area contributed by atoms with Gasteiger partial charge in [0.1, 0.15) is 11.3 Å². The summed E-state index contributed by atoms with van der Waals surface area (Å²) in [6.45, 7) is 0. The van der Waals surface area contributed by atoms with Gasteiger partial charge in [0, 0.05) is 4.47 Å². The van der Waals surface area contributed by atoms with Crippen LogP contribution < -0.4 is 0 Å². The molecule has 1 aromatic heterocycles. The molecular weight excluding hydrogens is 243 g/mol.